The Hall–Kier alpha value is -2.17. The maximum Gasteiger partial charge on any atom is 0.127 e. The van der Waals surface area contributed by atoms with Crippen LogP contribution in [0.15, 0.2) is 61.2 Å². The highest BCUT2D eigenvalue weighted by molar-refractivity contribution is 5.27. The fourth-order valence-corrected chi connectivity index (χ4v) is 2.74. The second-order valence-corrected chi connectivity index (χ2v) is 6.13. The van der Waals surface area contributed by atoms with Gasteiger partial charge in [0.05, 0.1) is 13.2 Å². The van der Waals surface area contributed by atoms with Crippen LogP contribution in [0.2, 0.25) is 0 Å². The van der Waals surface area contributed by atoms with Crippen molar-refractivity contribution in [3.8, 4) is 5.75 Å². The molecule has 0 saturated carbocycles. The van der Waals surface area contributed by atoms with Crippen LogP contribution in [0, 0.1) is 5.82 Å². The third-order valence-corrected chi connectivity index (χ3v) is 4.09. The number of hydrogen-bond acceptors (Lipinski definition) is 3. The predicted octanol–water partition coefficient (Wildman–Crippen LogP) is 4.16. The van der Waals surface area contributed by atoms with Crippen LogP contribution in [0.4, 0.5) is 4.39 Å². The fourth-order valence-electron chi connectivity index (χ4n) is 2.74. The van der Waals surface area contributed by atoms with Gasteiger partial charge < -0.3 is 9.84 Å². The summed E-state index contributed by atoms with van der Waals surface area (Å²) in [7, 11) is 1.63. The molecule has 2 rings (SSSR count). The SMILES string of the molecule is C=CCC[C@H](O)CN(Cc1ccc(OC)cc1)Cc1ccccc1F. The van der Waals surface area contributed by atoms with E-state index in [1.165, 1.54) is 6.07 Å². The Morgan fingerprint density at radius 2 is 1.88 bits per heavy atom. The molecule has 134 valence electrons. The lowest BCUT2D eigenvalue weighted by Gasteiger charge is -2.25. The molecule has 0 saturated heterocycles. The monoisotopic (exact) mass is 343 g/mol. The molecule has 0 heterocycles. The van der Waals surface area contributed by atoms with E-state index < -0.39 is 6.10 Å². The van der Waals surface area contributed by atoms with Crippen LogP contribution in [0.5, 0.6) is 5.75 Å². The van der Waals surface area contributed by atoms with E-state index in [-0.39, 0.29) is 5.82 Å². The van der Waals surface area contributed by atoms with Gasteiger partial charge in [-0.25, -0.2) is 4.39 Å². The van der Waals surface area contributed by atoms with Gasteiger partial charge in [-0.3, -0.25) is 4.90 Å². The topological polar surface area (TPSA) is 32.7 Å². The number of allylic oxidation sites excluding steroid dienone is 1. The minimum absolute atomic E-state index is 0.220. The molecule has 0 bridgehead atoms. The molecule has 1 atom stereocenters. The minimum atomic E-state index is -0.469. The first kappa shape index (κ1) is 19.2. The quantitative estimate of drug-likeness (QED) is 0.658. The fraction of sp³-hybridized carbons (Fsp3) is 0.333. The summed E-state index contributed by atoms with van der Waals surface area (Å²) in [6.45, 7) is 5.25. The van der Waals surface area contributed by atoms with E-state index in [0.717, 1.165) is 17.7 Å². The number of nitrogens with zero attached hydrogens (tertiary/aromatic N) is 1. The molecule has 0 radical (unpaired) electrons. The smallest absolute Gasteiger partial charge is 0.127 e. The number of halogens is 1. The molecular weight excluding hydrogens is 317 g/mol. The lowest BCUT2D eigenvalue weighted by atomic mass is 10.1. The van der Waals surface area contributed by atoms with Gasteiger partial charge in [0.15, 0.2) is 0 Å². The third-order valence-electron chi connectivity index (χ3n) is 4.09. The number of methoxy groups -OCH3 is 1. The summed E-state index contributed by atoms with van der Waals surface area (Å²) in [6, 6.07) is 14.6. The third kappa shape index (κ3) is 6.33. The van der Waals surface area contributed by atoms with Gasteiger partial charge in [0.2, 0.25) is 0 Å². The summed E-state index contributed by atoms with van der Waals surface area (Å²) >= 11 is 0. The molecule has 0 aromatic heterocycles. The molecule has 25 heavy (non-hydrogen) atoms. The maximum atomic E-state index is 14.0. The van der Waals surface area contributed by atoms with Crippen molar-refractivity contribution < 1.29 is 14.2 Å². The van der Waals surface area contributed by atoms with Crippen molar-refractivity contribution in [1.29, 1.82) is 0 Å². The van der Waals surface area contributed by atoms with Crippen molar-refractivity contribution in [2.75, 3.05) is 13.7 Å². The molecule has 2 aromatic carbocycles. The first-order chi connectivity index (χ1) is 12.1. The van der Waals surface area contributed by atoms with E-state index in [9.17, 15) is 9.50 Å². The average Bonchev–Trinajstić information content (AvgIpc) is 2.62. The highest BCUT2D eigenvalue weighted by Gasteiger charge is 2.14. The van der Waals surface area contributed by atoms with E-state index in [2.05, 4.69) is 11.5 Å². The highest BCUT2D eigenvalue weighted by atomic mass is 19.1. The number of aliphatic hydroxyl groups excluding tert-OH is 1. The first-order valence-corrected chi connectivity index (χ1v) is 8.50. The van der Waals surface area contributed by atoms with E-state index >= 15 is 0 Å². The standard InChI is InChI=1S/C21H26FNO2/c1-3-4-8-19(24)16-23(15-18-7-5-6-9-21(18)22)14-17-10-12-20(25-2)13-11-17/h3,5-7,9-13,19,24H,1,4,8,14-16H2,2H3/t19-/m0/s1. The van der Waals surface area contributed by atoms with Crippen molar-refractivity contribution in [3.05, 3.63) is 78.1 Å². The van der Waals surface area contributed by atoms with E-state index in [0.29, 0.717) is 31.6 Å². The summed E-state index contributed by atoms with van der Waals surface area (Å²) in [5, 5.41) is 10.3. The normalized spacial score (nSPS) is 12.2. The van der Waals surface area contributed by atoms with Gasteiger partial charge in [-0.2, -0.15) is 0 Å². The average molecular weight is 343 g/mol. The van der Waals surface area contributed by atoms with Gasteiger partial charge in [-0.1, -0.05) is 36.4 Å². The second kappa shape index (κ2) is 9.97. The van der Waals surface area contributed by atoms with Crippen LogP contribution in [-0.2, 0) is 13.1 Å². The molecule has 0 aliphatic rings. The van der Waals surface area contributed by atoms with Crippen LogP contribution >= 0.6 is 0 Å². The number of hydrogen-bond donors (Lipinski definition) is 1. The maximum absolute atomic E-state index is 14.0. The van der Waals surface area contributed by atoms with Crippen molar-refractivity contribution in [1.82, 2.24) is 4.90 Å². The predicted molar refractivity (Wildman–Crippen MR) is 98.9 cm³/mol. The zero-order valence-electron chi connectivity index (χ0n) is 14.7. The molecule has 4 heteroatoms. The van der Waals surface area contributed by atoms with E-state index in [1.54, 1.807) is 25.3 Å². The summed E-state index contributed by atoms with van der Waals surface area (Å²) in [5.41, 5.74) is 1.72. The van der Waals surface area contributed by atoms with Crippen LogP contribution < -0.4 is 4.74 Å². The largest absolute Gasteiger partial charge is 0.497 e. The lowest BCUT2D eigenvalue weighted by molar-refractivity contribution is 0.0977. The molecule has 0 spiro atoms. The molecule has 0 amide bonds. The van der Waals surface area contributed by atoms with Crippen LogP contribution in [0.1, 0.15) is 24.0 Å². The zero-order valence-corrected chi connectivity index (χ0v) is 14.7. The molecule has 0 aliphatic heterocycles. The molecule has 3 nitrogen and oxygen atoms in total. The van der Waals surface area contributed by atoms with E-state index in [1.807, 2.05) is 30.3 Å². The summed E-state index contributed by atoms with van der Waals surface area (Å²) < 4.78 is 19.2. The minimum Gasteiger partial charge on any atom is -0.497 e. The molecule has 2 aromatic rings. The number of ether oxygens (including phenoxy) is 1. The van der Waals surface area contributed by atoms with Crippen LogP contribution in [-0.4, -0.2) is 29.8 Å². The Morgan fingerprint density at radius 1 is 1.16 bits per heavy atom. The van der Waals surface area contributed by atoms with Gasteiger partial charge in [-0.05, 0) is 36.6 Å². The Kier molecular flexibility index (Phi) is 7.64. The number of aliphatic hydroxyl groups is 1. The van der Waals surface area contributed by atoms with Gasteiger partial charge in [0, 0.05) is 25.2 Å². The zero-order chi connectivity index (χ0) is 18.1. The van der Waals surface area contributed by atoms with Crippen molar-refractivity contribution in [2.45, 2.75) is 32.0 Å². The van der Waals surface area contributed by atoms with Crippen LogP contribution in [0.25, 0.3) is 0 Å². The summed E-state index contributed by atoms with van der Waals surface area (Å²) in [4.78, 5) is 2.06. The molecule has 0 unspecified atom stereocenters. The molecule has 0 aliphatic carbocycles. The lowest BCUT2D eigenvalue weighted by Crippen LogP contribution is -2.32. The second-order valence-electron chi connectivity index (χ2n) is 6.13. The summed E-state index contributed by atoms with van der Waals surface area (Å²) in [6.07, 6.45) is 2.74. The summed E-state index contributed by atoms with van der Waals surface area (Å²) in [5.74, 6) is 0.582. The first-order valence-electron chi connectivity index (χ1n) is 8.50. The van der Waals surface area contributed by atoms with Crippen molar-refractivity contribution >= 4 is 0 Å². The highest BCUT2D eigenvalue weighted by Crippen LogP contribution is 2.17. The van der Waals surface area contributed by atoms with Crippen LogP contribution in [0.3, 0.4) is 0 Å². The van der Waals surface area contributed by atoms with E-state index in [4.69, 9.17) is 4.74 Å². The molecular formula is C21H26FNO2. The van der Waals surface area contributed by atoms with Gasteiger partial charge in [-0.15, -0.1) is 6.58 Å². The van der Waals surface area contributed by atoms with Crippen molar-refractivity contribution in [3.63, 3.8) is 0 Å². The number of rotatable bonds is 10. The molecule has 0 fully saturated rings. The van der Waals surface area contributed by atoms with Gasteiger partial charge in [0.1, 0.15) is 11.6 Å². The van der Waals surface area contributed by atoms with Crippen molar-refractivity contribution in [2.24, 2.45) is 0 Å². The Bertz CT molecular complexity index is 657. The molecule has 1 N–H and O–H groups in total. The van der Waals surface area contributed by atoms with Gasteiger partial charge >= 0.3 is 0 Å². The Morgan fingerprint density at radius 3 is 2.52 bits per heavy atom. The Labute approximate surface area is 149 Å². The number of benzene rings is 2. The Balaban J connectivity index is 2.09. The van der Waals surface area contributed by atoms with Gasteiger partial charge in [0.25, 0.3) is 0 Å².